The highest BCUT2D eigenvalue weighted by Crippen LogP contribution is 2.17. The Balaban J connectivity index is 0.000000513. The number of quaternary nitrogens is 1. The molecule has 4 nitrogen and oxygen atoms in total. The molecule has 0 heterocycles. The van der Waals surface area contributed by atoms with Gasteiger partial charge in [0.15, 0.2) is 0 Å². The minimum Gasteiger partial charge on any atom is -0.808 e. The third kappa shape index (κ3) is 11.1. The molecule has 2 rings (SSSR count). The second-order valence-corrected chi connectivity index (χ2v) is 8.63. The molecule has 0 aliphatic rings. The largest absolute Gasteiger partial charge is 0.808 e. The molecule has 2 aromatic rings. The molecule has 0 saturated heterocycles. The van der Waals surface area contributed by atoms with Crippen LogP contribution in [-0.2, 0) is 12.8 Å². The Morgan fingerprint density at radius 3 is 1.18 bits per heavy atom. The van der Waals surface area contributed by atoms with Crippen molar-refractivity contribution in [3.8, 4) is 11.5 Å². The van der Waals surface area contributed by atoms with Crippen LogP contribution in [0.25, 0.3) is 0 Å². The van der Waals surface area contributed by atoms with Gasteiger partial charge in [0.2, 0.25) is 0 Å². The van der Waals surface area contributed by atoms with Gasteiger partial charge < -0.3 is 18.8 Å². The zero-order valence-electron chi connectivity index (χ0n) is 21.9. The predicted octanol–water partition coefficient (Wildman–Crippen LogP) is 6.06. The summed E-state index contributed by atoms with van der Waals surface area (Å²) in [5, 5.41) is 11.9. The molecular formula is C28H46BNO3. The van der Waals surface area contributed by atoms with Crippen molar-refractivity contribution >= 4 is 7.32 Å². The van der Waals surface area contributed by atoms with Crippen LogP contribution < -0.4 is 14.3 Å². The first-order valence-corrected chi connectivity index (χ1v) is 13.0. The second kappa shape index (κ2) is 16.6. The fourth-order valence-electron chi connectivity index (χ4n) is 3.82. The Kier molecular flexibility index (Phi) is 14.6. The average molecular weight is 455 g/mol. The first-order valence-electron chi connectivity index (χ1n) is 13.0. The van der Waals surface area contributed by atoms with Crippen molar-refractivity contribution in [3.05, 3.63) is 59.7 Å². The van der Waals surface area contributed by atoms with E-state index in [4.69, 9.17) is 9.31 Å². The quantitative estimate of drug-likeness (QED) is 0.257. The van der Waals surface area contributed by atoms with Crippen molar-refractivity contribution in [1.29, 1.82) is 0 Å². The highest BCUT2D eigenvalue weighted by molar-refractivity contribution is 6.34. The van der Waals surface area contributed by atoms with Gasteiger partial charge in [-0.3, -0.25) is 0 Å². The van der Waals surface area contributed by atoms with Crippen LogP contribution in [0, 0.1) is 0 Å². The lowest BCUT2D eigenvalue weighted by molar-refractivity contribution is -0.921. The smallest absolute Gasteiger partial charge is 0.492 e. The van der Waals surface area contributed by atoms with Gasteiger partial charge in [-0.1, -0.05) is 51.0 Å². The van der Waals surface area contributed by atoms with Crippen LogP contribution in [0.5, 0.6) is 11.5 Å². The molecule has 5 heteroatoms. The molecule has 0 aliphatic heterocycles. The Morgan fingerprint density at radius 2 is 0.939 bits per heavy atom. The molecule has 0 N–H and O–H groups in total. The average Bonchev–Trinajstić information content (AvgIpc) is 2.85. The van der Waals surface area contributed by atoms with Gasteiger partial charge in [-0.2, -0.15) is 0 Å². The zero-order valence-corrected chi connectivity index (χ0v) is 21.9. The molecule has 0 unspecified atom stereocenters. The van der Waals surface area contributed by atoms with E-state index in [-0.39, 0.29) is 0 Å². The number of hydrogen-bond acceptors (Lipinski definition) is 3. The van der Waals surface area contributed by atoms with Crippen molar-refractivity contribution < 1.29 is 18.8 Å². The van der Waals surface area contributed by atoms with Crippen LogP contribution in [0.15, 0.2) is 48.5 Å². The predicted molar refractivity (Wildman–Crippen MR) is 140 cm³/mol. The first-order chi connectivity index (χ1) is 15.9. The van der Waals surface area contributed by atoms with Gasteiger partial charge in [-0.15, -0.1) is 0 Å². The summed E-state index contributed by atoms with van der Waals surface area (Å²) in [6, 6.07) is 15.3. The second-order valence-electron chi connectivity index (χ2n) is 8.63. The minimum atomic E-state index is -1.56. The molecule has 0 saturated carbocycles. The fourth-order valence-corrected chi connectivity index (χ4v) is 3.82. The Bertz CT molecular complexity index is 659. The molecule has 0 radical (unpaired) electrons. The van der Waals surface area contributed by atoms with Crippen molar-refractivity contribution in [1.82, 2.24) is 0 Å². The monoisotopic (exact) mass is 455 g/mol. The van der Waals surface area contributed by atoms with Gasteiger partial charge in [-0.05, 0) is 88.8 Å². The molecule has 0 aromatic heterocycles. The van der Waals surface area contributed by atoms with Crippen molar-refractivity contribution in [2.75, 3.05) is 26.2 Å². The van der Waals surface area contributed by atoms with Crippen molar-refractivity contribution in [2.24, 2.45) is 0 Å². The minimum absolute atomic E-state index is 0.537. The van der Waals surface area contributed by atoms with Crippen LogP contribution in [0.2, 0.25) is 0 Å². The normalized spacial score (nSPS) is 10.9. The molecule has 184 valence electrons. The van der Waals surface area contributed by atoms with Crippen LogP contribution in [0.4, 0.5) is 0 Å². The van der Waals surface area contributed by atoms with E-state index < -0.39 is 7.32 Å². The van der Waals surface area contributed by atoms with Gasteiger partial charge >= 0.3 is 7.32 Å². The Hall–Kier alpha value is -1.98. The highest BCUT2D eigenvalue weighted by Gasteiger charge is 2.16. The summed E-state index contributed by atoms with van der Waals surface area (Å²) in [4.78, 5) is 0. The van der Waals surface area contributed by atoms with E-state index in [0.717, 1.165) is 12.8 Å². The topological polar surface area (TPSA) is 41.5 Å². The van der Waals surface area contributed by atoms with Gasteiger partial charge in [0.05, 0.1) is 26.2 Å². The lowest BCUT2D eigenvalue weighted by Crippen LogP contribution is -2.47. The van der Waals surface area contributed by atoms with Crippen LogP contribution in [-0.4, -0.2) is 38.0 Å². The Labute approximate surface area is 203 Å². The lowest BCUT2D eigenvalue weighted by Gasteiger charge is -2.34. The summed E-state index contributed by atoms with van der Waals surface area (Å²) in [7, 11) is -1.56. The van der Waals surface area contributed by atoms with E-state index in [1.165, 1.54) is 67.5 Å². The van der Waals surface area contributed by atoms with E-state index in [1.54, 1.807) is 0 Å². The van der Waals surface area contributed by atoms with E-state index in [9.17, 15) is 5.02 Å². The highest BCUT2D eigenvalue weighted by atomic mass is 16.7. The van der Waals surface area contributed by atoms with Crippen LogP contribution in [0.3, 0.4) is 0 Å². The molecule has 0 bridgehead atoms. The molecule has 0 atom stereocenters. The summed E-state index contributed by atoms with van der Waals surface area (Å²) in [6.45, 7) is 18.6. The summed E-state index contributed by atoms with van der Waals surface area (Å²) >= 11 is 0. The van der Waals surface area contributed by atoms with E-state index >= 15 is 0 Å². The maximum atomic E-state index is 11.9. The van der Waals surface area contributed by atoms with E-state index in [0.29, 0.717) is 11.5 Å². The summed E-state index contributed by atoms with van der Waals surface area (Å²) in [5.74, 6) is 1.07. The number of hydrogen-bond donors (Lipinski definition) is 0. The van der Waals surface area contributed by atoms with Gasteiger partial charge in [0.1, 0.15) is 11.5 Å². The summed E-state index contributed by atoms with van der Waals surface area (Å²) in [5.41, 5.74) is 2.52. The number of nitrogens with zero attached hydrogens (tertiary/aromatic N) is 1. The van der Waals surface area contributed by atoms with Gasteiger partial charge in [-0.25, -0.2) is 0 Å². The molecule has 0 spiro atoms. The maximum Gasteiger partial charge on any atom is 0.492 e. The van der Waals surface area contributed by atoms with Crippen molar-refractivity contribution in [3.63, 3.8) is 0 Å². The van der Waals surface area contributed by atoms with Crippen molar-refractivity contribution in [2.45, 2.75) is 80.1 Å². The fraction of sp³-hybridized carbons (Fsp3) is 0.571. The molecule has 0 aliphatic carbocycles. The lowest BCUT2D eigenvalue weighted by atomic mass is 10.1. The number of aryl methyl sites for hydroxylation is 2. The summed E-state index contributed by atoms with van der Waals surface area (Å²) < 4.78 is 11.9. The van der Waals surface area contributed by atoms with E-state index in [1.807, 2.05) is 48.5 Å². The number of unbranched alkanes of at least 4 members (excludes halogenated alkanes) is 2. The molecular weight excluding hydrogens is 409 g/mol. The molecule has 2 aromatic carbocycles. The molecule has 0 amide bonds. The van der Waals surface area contributed by atoms with E-state index in [2.05, 4.69) is 41.5 Å². The SMILES string of the molecule is CCCCc1ccc(OB([O-])Oc2ccc(CCCC)cc2)cc1.CC[N+](CC)(CC)CC. The van der Waals surface area contributed by atoms with Gasteiger partial charge in [0.25, 0.3) is 0 Å². The standard InChI is InChI=1S/C20H26BO3.C8H20N/c1-3-5-7-17-9-13-19(14-10-17)23-21(22)24-20-15-11-18(12-16-20)8-6-4-2;1-5-9(6-2,7-3)8-4/h9-16H,3-8H2,1-2H3;5-8H2,1-4H3/q-1;+1. The molecule has 33 heavy (non-hydrogen) atoms. The third-order valence-corrected chi connectivity index (χ3v) is 6.63. The number of benzene rings is 2. The maximum absolute atomic E-state index is 11.9. The third-order valence-electron chi connectivity index (χ3n) is 6.63. The first kappa shape index (κ1) is 29.1. The molecule has 0 fully saturated rings. The zero-order chi connectivity index (χ0) is 24.5. The van der Waals surface area contributed by atoms with Gasteiger partial charge in [0, 0.05) is 0 Å². The van der Waals surface area contributed by atoms with Crippen LogP contribution >= 0.6 is 0 Å². The van der Waals surface area contributed by atoms with Crippen LogP contribution in [0.1, 0.15) is 78.4 Å². The summed E-state index contributed by atoms with van der Waals surface area (Å²) in [6.07, 6.45) is 6.79. The Morgan fingerprint density at radius 1 is 0.606 bits per heavy atom. The number of rotatable bonds is 14.